The normalized spacial score (nSPS) is 11.3. The van der Waals surface area contributed by atoms with E-state index in [2.05, 4.69) is 20.1 Å². The summed E-state index contributed by atoms with van der Waals surface area (Å²) < 4.78 is 42.9. The molecule has 2 heterocycles. The minimum absolute atomic E-state index is 0.0728. The molecule has 0 saturated heterocycles. The molecule has 0 aliphatic rings. The fourth-order valence-corrected chi connectivity index (χ4v) is 2.15. The van der Waals surface area contributed by atoms with E-state index >= 15 is 0 Å². The Morgan fingerprint density at radius 1 is 1.08 bits per heavy atom. The lowest BCUT2D eigenvalue weighted by Gasteiger charge is -2.11. The van der Waals surface area contributed by atoms with Gasteiger partial charge in [0, 0.05) is 36.9 Å². The van der Waals surface area contributed by atoms with Gasteiger partial charge in [0.15, 0.2) is 6.61 Å². The minimum Gasteiger partial charge on any atom is -0.468 e. The van der Waals surface area contributed by atoms with Gasteiger partial charge in [0.1, 0.15) is 0 Å². The average Bonchev–Trinajstić information content (AvgIpc) is 3.13. The van der Waals surface area contributed by atoms with E-state index in [1.807, 2.05) is 36.5 Å². The fourth-order valence-electron chi connectivity index (χ4n) is 2.15. The van der Waals surface area contributed by atoms with Crippen LogP contribution < -0.4 is 10.1 Å². The Morgan fingerprint density at radius 2 is 1.88 bits per heavy atom. The van der Waals surface area contributed by atoms with Crippen molar-refractivity contribution < 1.29 is 17.9 Å². The number of nitrogens with one attached hydrogen (secondary N) is 1. The third-order valence-corrected chi connectivity index (χ3v) is 3.32. The van der Waals surface area contributed by atoms with Crippen LogP contribution in [0.3, 0.4) is 0 Å². The molecule has 0 bridgehead atoms. The van der Waals surface area contributed by atoms with Crippen molar-refractivity contribution in [1.29, 1.82) is 0 Å². The predicted molar refractivity (Wildman–Crippen MR) is 86.7 cm³/mol. The second-order valence-corrected chi connectivity index (χ2v) is 5.26. The van der Waals surface area contributed by atoms with Crippen LogP contribution in [0.25, 0.3) is 5.69 Å². The van der Waals surface area contributed by atoms with Crippen molar-refractivity contribution in [2.24, 2.45) is 0 Å². The highest BCUT2D eigenvalue weighted by Gasteiger charge is 2.28. The van der Waals surface area contributed by atoms with Crippen LogP contribution >= 0.6 is 0 Å². The summed E-state index contributed by atoms with van der Waals surface area (Å²) in [5.41, 5.74) is 2.59. The molecule has 3 aromatic rings. The average molecular weight is 348 g/mol. The van der Waals surface area contributed by atoms with Gasteiger partial charge in [-0.3, -0.25) is 0 Å². The molecule has 0 atom stereocenters. The number of hydrogen-bond donors (Lipinski definition) is 1. The lowest BCUT2D eigenvalue weighted by atomic mass is 10.2. The highest BCUT2D eigenvalue weighted by atomic mass is 19.4. The minimum atomic E-state index is -4.39. The maximum Gasteiger partial charge on any atom is 0.422 e. The number of benzene rings is 1. The van der Waals surface area contributed by atoms with Gasteiger partial charge in [0.05, 0.1) is 5.69 Å². The fraction of sp³-hybridized carbons (Fsp3) is 0.176. The van der Waals surface area contributed by atoms with Crippen LogP contribution in [0.4, 0.5) is 18.9 Å². The van der Waals surface area contributed by atoms with Gasteiger partial charge in [-0.05, 0) is 29.8 Å². The SMILES string of the molecule is FC(F)(F)COc1cc(NCc2ccc(-n3cccn3)cc2)ccn1. The summed E-state index contributed by atoms with van der Waals surface area (Å²) in [6, 6.07) is 12.7. The van der Waals surface area contributed by atoms with E-state index in [0.717, 1.165) is 11.3 Å². The molecule has 25 heavy (non-hydrogen) atoms. The summed E-state index contributed by atoms with van der Waals surface area (Å²) in [7, 11) is 0. The Morgan fingerprint density at radius 3 is 2.56 bits per heavy atom. The van der Waals surface area contributed by atoms with Crippen LogP contribution in [0.5, 0.6) is 5.88 Å². The number of anilines is 1. The second kappa shape index (κ2) is 7.25. The molecule has 0 radical (unpaired) electrons. The Hall–Kier alpha value is -3.03. The molecule has 0 saturated carbocycles. The van der Waals surface area contributed by atoms with Gasteiger partial charge in [0.2, 0.25) is 5.88 Å². The Kier molecular flexibility index (Phi) is 4.87. The molecule has 8 heteroatoms. The summed E-state index contributed by atoms with van der Waals surface area (Å²) in [5.74, 6) is -0.0728. The van der Waals surface area contributed by atoms with Crippen LogP contribution in [0.15, 0.2) is 61.1 Å². The topological polar surface area (TPSA) is 52.0 Å². The standard InChI is InChI=1S/C17H15F3N4O/c18-17(19,20)12-25-16-10-14(6-8-21-16)22-11-13-2-4-15(5-3-13)24-9-1-7-23-24/h1-10H,11-12H2,(H,21,22). The smallest absolute Gasteiger partial charge is 0.422 e. The van der Waals surface area contributed by atoms with Gasteiger partial charge in [-0.1, -0.05) is 12.1 Å². The largest absolute Gasteiger partial charge is 0.468 e. The van der Waals surface area contributed by atoms with Gasteiger partial charge < -0.3 is 10.1 Å². The Bertz CT molecular complexity index is 802. The number of alkyl halides is 3. The van der Waals surface area contributed by atoms with Gasteiger partial charge in [-0.25, -0.2) is 9.67 Å². The Labute approximate surface area is 142 Å². The summed E-state index contributed by atoms with van der Waals surface area (Å²) >= 11 is 0. The number of pyridine rings is 1. The maximum absolute atomic E-state index is 12.2. The predicted octanol–water partition coefficient (Wildman–Crippen LogP) is 3.82. The number of halogens is 3. The first-order valence-corrected chi connectivity index (χ1v) is 7.48. The zero-order chi connectivity index (χ0) is 17.7. The third-order valence-electron chi connectivity index (χ3n) is 3.32. The van der Waals surface area contributed by atoms with Gasteiger partial charge in [-0.15, -0.1) is 0 Å². The first-order chi connectivity index (χ1) is 12.0. The quantitative estimate of drug-likeness (QED) is 0.736. The lowest BCUT2D eigenvalue weighted by Crippen LogP contribution is -2.19. The Balaban J connectivity index is 1.58. The van der Waals surface area contributed by atoms with Crippen LogP contribution in [-0.4, -0.2) is 27.5 Å². The molecule has 0 amide bonds. The van der Waals surface area contributed by atoms with E-state index in [9.17, 15) is 13.2 Å². The van der Waals surface area contributed by atoms with Gasteiger partial charge in [-0.2, -0.15) is 18.3 Å². The van der Waals surface area contributed by atoms with Crippen molar-refractivity contribution in [3.8, 4) is 11.6 Å². The van der Waals surface area contributed by atoms with Crippen LogP contribution in [0.1, 0.15) is 5.56 Å². The number of aromatic nitrogens is 3. The summed E-state index contributed by atoms with van der Waals surface area (Å²) in [6.07, 6.45) is 0.570. The van der Waals surface area contributed by atoms with E-state index in [1.54, 1.807) is 16.9 Å². The van der Waals surface area contributed by atoms with Gasteiger partial charge in [0.25, 0.3) is 0 Å². The summed E-state index contributed by atoms with van der Waals surface area (Å²) in [6.45, 7) is -0.847. The van der Waals surface area contributed by atoms with Gasteiger partial charge >= 0.3 is 6.18 Å². The molecule has 0 spiro atoms. The molecule has 130 valence electrons. The molecule has 0 fully saturated rings. The van der Waals surface area contributed by atoms with Crippen molar-refractivity contribution in [2.45, 2.75) is 12.7 Å². The van der Waals surface area contributed by atoms with E-state index < -0.39 is 12.8 Å². The van der Waals surface area contributed by atoms with Crippen molar-refractivity contribution >= 4 is 5.69 Å². The molecule has 0 aliphatic heterocycles. The van der Waals surface area contributed by atoms with Crippen molar-refractivity contribution in [3.05, 3.63) is 66.6 Å². The van der Waals surface area contributed by atoms with Crippen molar-refractivity contribution in [3.63, 3.8) is 0 Å². The number of ether oxygens (including phenoxy) is 1. The zero-order valence-electron chi connectivity index (χ0n) is 13.1. The first kappa shape index (κ1) is 16.8. The van der Waals surface area contributed by atoms with Crippen molar-refractivity contribution in [2.75, 3.05) is 11.9 Å². The molecule has 3 rings (SSSR count). The number of rotatable bonds is 6. The molecule has 5 nitrogen and oxygen atoms in total. The van der Waals surface area contributed by atoms with Crippen molar-refractivity contribution in [1.82, 2.24) is 14.8 Å². The summed E-state index contributed by atoms with van der Waals surface area (Å²) in [4.78, 5) is 3.77. The molecular formula is C17H15F3N4O. The molecule has 0 unspecified atom stereocenters. The zero-order valence-corrected chi connectivity index (χ0v) is 13.1. The monoisotopic (exact) mass is 348 g/mol. The first-order valence-electron chi connectivity index (χ1n) is 7.48. The van der Waals surface area contributed by atoms with Crippen LogP contribution in [0, 0.1) is 0 Å². The van der Waals surface area contributed by atoms with E-state index in [1.165, 1.54) is 12.3 Å². The van der Waals surface area contributed by atoms with E-state index in [4.69, 9.17) is 0 Å². The molecule has 0 aliphatic carbocycles. The molecular weight excluding hydrogens is 333 g/mol. The van der Waals surface area contributed by atoms with E-state index in [0.29, 0.717) is 12.2 Å². The second-order valence-electron chi connectivity index (χ2n) is 5.26. The third kappa shape index (κ3) is 4.97. The molecule has 1 N–H and O–H groups in total. The van der Waals surface area contributed by atoms with Crippen LogP contribution in [-0.2, 0) is 6.54 Å². The number of nitrogens with zero attached hydrogens (tertiary/aromatic N) is 3. The highest BCUT2D eigenvalue weighted by Crippen LogP contribution is 2.19. The number of hydrogen-bond acceptors (Lipinski definition) is 4. The summed E-state index contributed by atoms with van der Waals surface area (Å²) in [5, 5.41) is 7.28. The molecule has 1 aromatic carbocycles. The lowest BCUT2D eigenvalue weighted by molar-refractivity contribution is -0.154. The maximum atomic E-state index is 12.2. The van der Waals surface area contributed by atoms with E-state index in [-0.39, 0.29) is 5.88 Å². The molecule has 2 aromatic heterocycles. The van der Waals surface area contributed by atoms with Crippen LogP contribution in [0.2, 0.25) is 0 Å². The highest BCUT2D eigenvalue weighted by molar-refractivity contribution is 5.46.